The number of thioether (sulfide) groups is 1. The normalized spacial score (nSPS) is 19.9. The quantitative estimate of drug-likeness (QED) is 0.578. The number of benzene rings is 1. The molecule has 1 aliphatic heterocycles. The third-order valence-electron chi connectivity index (χ3n) is 2.04. The lowest BCUT2D eigenvalue weighted by Crippen LogP contribution is -2.28. The third kappa shape index (κ3) is 2.21. The number of hydrogen-bond donors (Lipinski definition) is 1. The van der Waals surface area contributed by atoms with E-state index in [0.717, 1.165) is 10.6 Å². The van der Waals surface area contributed by atoms with Crippen LogP contribution in [0.1, 0.15) is 0 Å². The average molecular weight is 226 g/mol. The molecule has 0 saturated carbocycles. The van der Waals surface area contributed by atoms with Crippen molar-refractivity contribution in [2.75, 3.05) is 12.4 Å². The lowest BCUT2D eigenvalue weighted by atomic mass is 10.3. The Morgan fingerprint density at radius 1 is 1.60 bits per heavy atom. The highest BCUT2D eigenvalue weighted by atomic mass is 32.2. The molecule has 2 rings (SSSR count). The molecule has 1 heterocycles. The molecule has 80 valence electrons. The maximum absolute atomic E-state index is 10.6. The zero-order valence-electron chi connectivity index (χ0n) is 7.88. The molecular formula is C9H10N2O3S. The molecular weight excluding hydrogens is 216 g/mol. The van der Waals surface area contributed by atoms with Crippen LogP contribution in [0.15, 0.2) is 23.1 Å². The van der Waals surface area contributed by atoms with Gasteiger partial charge in [0.05, 0.1) is 11.0 Å². The van der Waals surface area contributed by atoms with Gasteiger partial charge in [0.25, 0.3) is 5.69 Å². The molecule has 0 radical (unpaired) electrons. The number of nitro groups is 1. The van der Waals surface area contributed by atoms with Crippen molar-refractivity contribution < 1.29 is 9.66 Å². The third-order valence-corrected chi connectivity index (χ3v) is 3.29. The molecule has 1 aromatic rings. The van der Waals surface area contributed by atoms with Crippen LogP contribution in [0.2, 0.25) is 0 Å². The first-order chi connectivity index (χ1) is 7.16. The van der Waals surface area contributed by atoms with Gasteiger partial charge in [-0.25, -0.2) is 0 Å². The van der Waals surface area contributed by atoms with Gasteiger partial charge < -0.3 is 10.5 Å². The number of non-ortho nitro benzene ring substituents is 1. The molecule has 1 aromatic carbocycles. The van der Waals surface area contributed by atoms with E-state index in [2.05, 4.69) is 0 Å². The monoisotopic (exact) mass is 226 g/mol. The lowest BCUT2D eigenvalue weighted by molar-refractivity contribution is -0.385. The summed E-state index contributed by atoms with van der Waals surface area (Å²) in [6.45, 7) is 0.404. The fraction of sp³-hybridized carbons (Fsp3) is 0.333. The minimum absolute atomic E-state index is 0.0264. The maximum atomic E-state index is 10.6. The van der Waals surface area contributed by atoms with Crippen molar-refractivity contribution in [1.29, 1.82) is 0 Å². The molecule has 5 nitrogen and oxygen atoms in total. The fourth-order valence-corrected chi connectivity index (χ4v) is 2.20. The summed E-state index contributed by atoms with van der Waals surface area (Å²) >= 11 is 1.57. The van der Waals surface area contributed by atoms with Crippen LogP contribution in [0, 0.1) is 10.1 Å². The van der Waals surface area contributed by atoms with E-state index in [-0.39, 0.29) is 11.7 Å². The minimum atomic E-state index is -0.431. The second-order valence-corrected chi connectivity index (χ2v) is 4.33. The standard InChI is InChI=1S/C9H10N2O3S/c10-6-4-14-8-3-7(11(12)13)1-2-9(8)15-5-6/h1-3,6H,4-5,10H2/t6-/m0/s1. The second kappa shape index (κ2) is 4.08. The number of nitrogens with two attached hydrogens (primary N) is 1. The largest absolute Gasteiger partial charge is 0.491 e. The molecule has 1 aliphatic rings. The van der Waals surface area contributed by atoms with E-state index in [1.54, 1.807) is 17.8 Å². The first-order valence-electron chi connectivity index (χ1n) is 4.46. The van der Waals surface area contributed by atoms with Crippen LogP contribution in [-0.2, 0) is 0 Å². The maximum Gasteiger partial charge on any atom is 0.273 e. The lowest BCUT2D eigenvalue weighted by Gasteiger charge is -2.06. The summed E-state index contributed by atoms with van der Waals surface area (Å²) < 4.78 is 5.40. The van der Waals surface area contributed by atoms with Gasteiger partial charge in [0, 0.05) is 22.8 Å². The van der Waals surface area contributed by atoms with Crippen LogP contribution >= 0.6 is 11.8 Å². The predicted molar refractivity (Wildman–Crippen MR) is 57.3 cm³/mol. The predicted octanol–water partition coefficient (Wildman–Crippen LogP) is 1.41. The van der Waals surface area contributed by atoms with E-state index in [0.29, 0.717) is 12.4 Å². The van der Waals surface area contributed by atoms with Crippen molar-refractivity contribution in [2.24, 2.45) is 5.73 Å². The van der Waals surface area contributed by atoms with Crippen molar-refractivity contribution in [3.63, 3.8) is 0 Å². The molecule has 0 amide bonds. The van der Waals surface area contributed by atoms with Gasteiger partial charge in [0.15, 0.2) is 0 Å². The van der Waals surface area contributed by atoms with Crippen molar-refractivity contribution in [2.45, 2.75) is 10.9 Å². The first kappa shape index (κ1) is 10.3. The molecule has 0 aromatic heterocycles. The Balaban J connectivity index is 2.32. The number of nitrogens with zero attached hydrogens (tertiary/aromatic N) is 1. The van der Waals surface area contributed by atoms with Crippen molar-refractivity contribution in [1.82, 2.24) is 0 Å². The molecule has 0 aliphatic carbocycles. The van der Waals surface area contributed by atoms with Crippen LogP contribution in [0.25, 0.3) is 0 Å². The number of ether oxygens (including phenoxy) is 1. The molecule has 0 bridgehead atoms. The summed E-state index contributed by atoms with van der Waals surface area (Å²) in [5, 5.41) is 10.6. The summed E-state index contributed by atoms with van der Waals surface area (Å²) in [6.07, 6.45) is 0. The zero-order valence-corrected chi connectivity index (χ0v) is 8.70. The van der Waals surface area contributed by atoms with E-state index < -0.39 is 4.92 Å². The highest BCUT2D eigenvalue weighted by Gasteiger charge is 2.17. The Morgan fingerprint density at radius 2 is 2.40 bits per heavy atom. The minimum Gasteiger partial charge on any atom is -0.491 e. The molecule has 0 spiro atoms. The van der Waals surface area contributed by atoms with Gasteiger partial charge in [-0.15, -0.1) is 11.8 Å². The number of nitro benzene ring substituents is 1. The smallest absolute Gasteiger partial charge is 0.273 e. The van der Waals surface area contributed by atoms with Gasteiger partial charge in [0.2, 0.25) is 0 Å². The van der Waals surface area contributed by atoms with Crippen LogP contribution in [-0.4, -0.2) is 23.3 Å². The Bertz CT molecular complexity index is 397. The van der Waals surface area contributed by atoms with Gasteiger partial charge in [0.1, 0.15) is 12.4 Å². The average Bonchev–Trinajstić information content (AvgIpc) is 2.40. The molecule has 0 unspecified atom stereocenters. The van der Waals surface area contributed by atoms with Crippen LogP contribution in [0.3, 0.4) is 0 Å². The molecule has 1 atom stereocenters. The van der Waals surface area contributed by atoms with E-state index >= 15 is 0 Å². The van der Waals surface area contributed by atoms with Gasteiger partial charge in [-0.1, -0.05) is 0 Å². The van der Waals surface area contributed by atoms with E-state index in [4.69, 9.17) is 10.5 Å². The SMILES string of the molecule is N[C@H]1COc2cc([N+](=O)[O-])ccc2SC1. The van der Waals surface area contributed by atoms with Gasteiger partial charge in [-0.3, -0.25) is 10.1 Å². The molecule has 6 heteroatoms. The highest BCUT2D eigenvalue weighted by Crippen LogP contribution is 2.34. The summed E-state index contributed by atoms with van der Waals surface area (Å²) in [5.74, 6) is 1.33. The van der Waals surface area contributed by atoms with Gasteiger partial charge in [-0.2, -0.15) is 0 Å². The van der Waals surface area contributed by atoms with Crippen LogP contribution in [0.5, 0.6) is 5.75 Å². The summed E-state index contributed by atoms with van der Waals surface area (Å²) in [6, 6.07) is 4.60. The second-order valence-electron chi connectivity index (χ2n) is 3.27. The molecule has 0 fully saturated rings. The first-order valence-corrected chi connectivity index (χ1v) is 5.45. The Morgan fingerprint density at radius 3 is 3.13 bits per heavy atom. The fourth-order valence-electron chi connectivity index (χ4n) is 1.28. The summed E-state index contributed by atoms with van der Waals surface area (Å²) in [7, 11) is 0. The highest BCUT2D eigenvalue weighted by molar-refractivity contribution is 7.99. The summed E-state index contributed by atoms with van der Waals surface area (Å²) in [4.78, 5) is 11.0. The Kier molecular flexibility index (Phi) is 2.79. The summed E-state index contributed by atoms with van der Waals surface area (Å²) in [5.41, 5.74) is 5.78. The molecule has 2 N–H and O–H groups in total. The van der Waals surface area contributed by atoms with Crippen molar-refractivity contribution in [3.8, 4) is 5.75 Å². The molecule has 0 saturated heterocycles. The number of rotatable bonds is 1. The molecule has 15 heavy (non-hydrogen) atoms. The Hall–Kier alpha value is -1.27. The topological polar surface area (TPSA) is 78.4 Å². The van der Waals surface area contributed by atoms with Crippen molar-refractivity contribution in [3.05, 3.63) is 28.3 Å². The van der Waals surface area contributed by atoms with Gasteiger partial charge >= 0.3 is 0 Å². The van der Waals surface area contributed by atoms with Crippen LogP contribution < -0.4 is 10.5 Å². The zero-order chi connectivity index (χ0) is 10.8. The Labute approximate surface area is 90.7 Å². The van der Waals surface area contributed by atoms with E-state index in [1.165, 1.54) is 12.1 Å². The number of hydrogen-bond acceptors (Lipinski definition) is 5. The van der Waals surface area contributed by atoms with Crippen LogP contribution in [0.4, 0.5) is 5.69 Å². The van der Waals surface area contributed by atoms with Gasteiger partial charge in [-0.05, 0) is 6.07 Å². The number of fused-ring (bicyclic) bond motifs is 1. The van der Waals surface area contributed by atoms with Crippen molar-refractivity contribution >= 4 is 17.4 Å². The van der Waals surface area contributed by atoms with E-state index in [1.807, 2.05) is 0 Å². The van der Waals surface area contributed by atoms with E-state index in [9.17, 15) is 10.1 Å².